The third kappa shape index (κ3) is 4.00. The van der Waals surface area contributed by atoms with Crippen LogP contribution in [0, 0.1) is 5.92 Å². The van der Waals surface area contributed by atoms with Gasteiger partial charge in [0, 0.05) is 13.8 Å². The number of hydrogen-bond donors (Lipinski definition) is 0. The first-order valence-electron chi connectivity index (χ1n) is 8.22. The van der Waals surface area contributed by atoms with E-state index in [1.165, 1.54) is 13.8 Å². The summed E-state index contributed by atoms with van der Waals surface area (Å²) in [6.07, 6.45) is -1.19. The van der Waals surface area contributed by atoms with E-state index in [4.69, 9.17) is 23.7 Å². The van der Waals surface area contributed by atoms with Crippen molar-refractivity contribution in [3.63, 3.8) is 0 Å². The molecule has 0 saturated carbocycles. The van der Waals surface area contributed by atoms with Crippen LogP contribution in [0.1, 0.15) is 19.4 Å². The number of carbonyl (C=O) groups excluding carboxylic acids is 2. The van der Waals surface area contributed by atoms with Crippen LogP contribution in [-0.2, 0) is 39.9 Å². The molecule has 4 atom stereocenters. The minimum Gasteiger partial charge on any atom is -0.463 e. The highest BCUT2D eigenvalue weighted by Gasteiger charge is 2.61. The lowest BCUT2D eigenvalue weighted by Gasteiger charge is -2.37. The van der Waals surface area contributed by atoms with Crippen molar-refractivity contribution in [1.29, 1.82) is 0 Å². The summed E-state index contributed by atoms with van der Waals surface area (Å²) in [6, 6.07) is 9.73. The van der Waals surface area contributed by atoms with E-state index in [9.17, 15) is 9.59 Å². The first-order chi connectivity index (χ1) is 12.0. The van der Waals surface area contributed by atoms with Gasteiger partial charge in [0.2, 0.25) is 6.29 Å². The molecule has 0 amide bonds. The van der Waals surface area contributed by atoms with Crippen LogP contribution >= 0.6 is 0 Å². The quantitative estimate of drug-likeness (QED) is 0.718. The second kappa shape index (κ2) is 7.51. The third-order valence-corrected chi connectivity index (χ3v) is 4.34. The molecule has 0 unspecified atom stereocenters. The van der Waals surface area contributed by atoms with Crippen LogP contribution in [0.15, 0.2) is 30.3 Å². The summed E-state index contributed by atoms with van der Waals surface area (Å²) < 4.78 is 28.1. The summed E-state index contributed by atoms with van der Waals surface area (Å²) in [6.45, 7) is 3.56. The van der Waals surface area contributed by atoms with Crippen molar-refractivity contribution in [2.45, 2.75) is 38.4 Å². The SMILES string of the molecule is CC(=O)OC[C@]12COC[C@@H]([C@H](OC(C)=O)O1)[C@@H]2OCc1ccccc1. The first-order valence-corrected chi connectivity index (χ1v) is 8.22. The van der Waals surface area contributed by atoms with Crippen LogP contribution in [-0.4, -0.2) is 49.8 Å². The summed E-state index contributed by atoms with van der Waals surface area (Å²) in [7, 11) is 0. The van der Waals surface area contributed by atoms with Crippen molar-refractivity contribution < 1.29 is 33.3 Å². The van der Waals surface area contributed by atoms with Crippen LogP contribution in [0.25, 0.3) is 0 Å². The molecule has 7 nitrogen and oxygen atoms in total. The lowest BCUT2D eigenvalue weighted by molar-refractivity contribution is -0.212. The minimum absolute atomic E-state index is 0.0178. The van der Waals surface area contributed by atoms with Crippen LogP contribution < -0.4 is 0 Å². The van der Waals surface area contributed by atoms with Crippen LogP contribution in [0.4, 0.5) is 0 Å². The Morgan fingerprint density at radius 2 is 1.96 bits per heavy atom. The summed E-state index contributed by atoms with van der Waals surface area (Å²) in [5.41, 5.74) is 0.0313. The van der Waals surface area contributed by atoms with Crippen LogP contribution in [0.2, 0.25) is 0 Å². The number of fused-ring (bicyclic) bond motifs is 2. The van der Waals surface area contributed by atoms with Crippen LogP contribution in [0.3, 0.4) is 0 Å². The Bertz CT molecular complexity index is 617. The zero-order valence-electron chi connectivity index (χ0n) is 14.3. The number of hydrogen-bond acceptors (Lipinski definition) is 7. The summed E-state index contributed by atoms with van der Waals surface area (Å²) >= 11 is 0. The van der Waals surface area contributed by atoms with Gasteiger partial charge in [-0.1, -0.05) is 30.3 Å². The second-order valence-electron chi connectivity index (χ2n) is 6.34. The summed E-state index contributed by atoms with van der Waals surface area (Å²) in [5, 5.41) is 0. The van der Waals surface area contributed by atoms with Crippen molar-refractivity contribution in [3.8, 4) is 0 Å². The van der Waals surface area contributed by atoms with Gasteiger partial charge in [0.25, 0.3) is 0 Å². The molecule has 0 N–H and O–H groups in total. The van der Waals surface area contributed by atoms with Gasteiger partial charge in [-0.3, -0.25) is 9.59 Å². The third-order valence-electron chi connectivity index (χ3n) is 4.34. The van der Waals surface area contributed by atoms with Gasteiger partial charge in [0.1, 0.15) is 12.7 Å². The van der Waals surface area contributed by atoms with Gasteiger partial charge in [-0.2, -0.15) is 0 Å². The molecule has 2 aliphatic rings. The molecule has 2 saturated heterocycles. The van der Waals surface area contributed by atoms with Gasteiger partial charge in [0.05, 0.1) is 25.7 Å². The molecule has 0 spiro atoms. The normalized spacial score (nSPS) is 30.7. The molecule has 0 aromatic heterocycles. The van der Waals surface area contributed by atoms with Crippen molar-refractivity contribution >= 4 is 11.9 Å². The topological polar surface area (TPSA) is 80.3 Å². The van der Waals surface area contributed by atoms with Crippen LogP contribution in [0.5, 0.6) is 0 Å². The maximum Gasteiger partial charge on any atom is 0.304 e. The molecule has 3 rings (SSSR count). The maximum absolute atomic E-state index is 11.4. The largest absolute Gasteiger partial charge is 0.463 e. The van der Waals surface area contributed by atoms with E-state index in [0.717, 1.165) is 5.56 Å². The monoisotopic (exact) mass is 350 g/mol. The predicted octanol–water partition coefficient (Wildman–Crippen LogP) is 1.44. The van der Waals surface area contributed by atoms with Gasteiger partial charge in [-0.25, -0.2) is 0 Å². The predicted molar refractivity (Wildman–Crippen MR) is 85.3 cm³/mol. The fourth-order valence-electron chi connectivity index (χ4n) is 3.26. The zero-order chi connectivity index (χ0) is 17.9. The van der Waals surface area contributed by atoms with E-state index >= 15 is 0 Å². The minimum atomic E-state index is -0.983. The number of esters is 2. The molecule has 2 fully saturated rings. The van der Waals surface area contributed by atoms with E-state index < -0.39 is 29.9 Å². The smallest absolute Gasteiger partial charge is 0.304 e. The number of benzene rings is 1. The summed E-state index contributed by atoms with van der Waals surface area (Å²) in [5.74, 6) is -1.14. The van der Waals surface area contributed by atoms with Gasteiger partial charge >= 0.3 is 11.9 Å². The molecule has 2 heterocycles. The Morgan fingerprint density at radius 3 is 2.64 bits per heavy atom. The fraction of sp³-hybridized carbons (Fsp3) is 0.556. The standard InChI is InChI=1S/C18H22O7/c1-12(19)23-11-18-10-21-9-15(17(25-18)24-13(2)20)16(18)22-8-14-6-4-3-5-7-14/h3-7,15-17H,8-11H2,1-2H3/t15-,16+,17-,18+/m1/s1. The molecule has 1 aromatic carbocycles. The Kier molecular flexibility index (Phi) is 5.36. The zero-order valence-corrected chi connectivity index (χ0v) is 14.3. The molecule has 136 valence electrons. The lowest BCUT2D eigenvalue weighted by Crippen LogP contribution is -2.54. The van der Waals surface area contributed by atoms with Crippen molar-refractivity contribution in [3.05, 3.63) is 35.9 Å². The fourth-order valence-corrected chi connectivity index (χ4v) is 3.26. The highest BCUT2D eigenvalue weighted by Crippen LogP contribution is 2.43. The first kappa shape index (κ1) is 17.8. The van der Waals surface area contributed by atoms with E-state index in [1.807, 2.05) is 30.3 Å². The van der Waals surface area contributed by atoms with E-state index in [0.29, 0.717) is 13.2 Å². The molecule has 25 heavy (non-hydrogen) atoms. The van der Waals surface area contributed by atoms with E-state index in [2.05, 4.69) is 0 Å². The molecule has 7 heteroatoms. The highest BCUT2D eigenvalue weighted by molar-refractivity contribution is 5.66. The number of carbonyl (C=O) groups is 2. The van der Waals surface area contributed by atoms with Gasteiger partial charge in [-0.05, 0) is 5.56 Å². The Hall–Kier alpha value is -1.96. The Morgan fingerprint density at radius 1 is 1.20 bits per heavy atom. The number of ether oxygens (including phenoxy) is 5. The van der Waals surface area contributed by atoms with Gasteiger partial charge < -0.3 is 23.7 Å². The number of rotatable bonds is 6. The lowest BCUT2D eigenvalue weighted by atomic mass is 9.89. The average Bonchev–Trinajstić information content (AvgIpc) is 2.73. The molecular weight excluding hydrogens is 328 g/mol. The van der Waals surface area contributed by atoms with E-state index in [-0.39, 0.29) is 19.1 Å². The van der Waals surface area contributed by atoms with Gasteiger partial charge in [0.15, 0.2) is 5.60 Å². The van der Waals surface area contributed by atoms with Crippen molar-refractivity contribution in [2.75, 3.05) is 19.8 Å². The van der Waals surface area contributed by atoms with Crippen molar-refractivity contribution in [1.82, 2.24) is 0 Å². The van der Waals surface area contributed by atoms with Gasteiger partial charge in [-0.15, -0.1) is 0 Å². The molecule has 0 aliphatic carbocycles. The molecule has 2 bridgehead atoms. The van der Waals surface area contributed by atoms with Crippen molar-refractivity contribution in [2.24, 2.45) is 5.92 Å². The second-order valence-corrected chi connectivity index (χ2v) is 6.34. The van der Waals surface area contributed by atoms with E-state index in [1.54, 1.807) is 0 Å². The maximum atomic E-state index is 11.4. The Balaban J connectivity index is 1.77. The molecule has 2 aliphatic heterocycles. The highest BCUT2D eigenvalue weighted by atomic mass is 16.7. The molecule has 0 radical (unpaired) electrons. The molecular formula is C18H22O7. The average molecular weight is 350 g/mol. The molecule has 1 aromatic rings. The summed E-state index contributed by atoms with van der Waals surface area (Å²) in [4.78, 5) is 22.6. The Labute approximate surface area is 146 Å².